The molecule has 3 nitrogen and oxygen atoms in total. The van der Waals surface area contributed by atoms with Crippen LogP contribution in [0.5, 0.6) is 11.6 Å². The Kier molecular flexibility index (Phi) is 3.06. The largest absolute Gasteiger partial charge is 0.439 e. The van der Waals surface area contributed by atoms with E-state index in [0.29, 0.717) is 17.2 Å². The Bertz CT molecular complexity index is 585. The first-order chi connectivity index (χ1) is 8.19. The van der Waals surface area contributed by atoms with Gasteiger partial charge in [-0.3, -0.25) is 0 Å². The number of benzene rings is 1. The number of pyridine rings is 1. The molecule has 0 aliphatic heterocycles. The Hall–Kier alpha value is -2.34. The van der Waals surface area contributed by atoms with Gasteiger partial charge in [-0.25, -0.2) is 4.98 Å². The zero-order valence-corrected chi connectivity index (χ0v) is 9.77. The third-order valence-corrected chi connectivity index (χ3v) is 2.51. The number of nitrogens with zero attached hydrogens (tertiary/aromatic N) is 2. The molecule has 0 atom stereocenters. The third kappa shape index (κ3) is 2.61. The van der Waals surface area contributed by atoms with Crippen LogP contribution in [0.3, 0.4) is 0 Å². The normalized spacial score (nSPS) is 9.71. The second kappa shape index (κ2) is 4.67. The molecule has 0 bridgehead atoms. The maximum atomic E-state index is 8.79. The van der Waals surface area contributed by atoms with E-state index in [4.69, 9.17) is 10.00 Å². The predicted molar refractivity (Wildman–Crippen MR) is 64.9 cm³/mol. The Balaban J connectivity index is 2.25. The van der Waals surface area contributed by atoms with Crippen LogP contribution in [-0.2, 0) is 0 Å². The number of hydrogen-bond donors (Lipinski definition) is 0. The molecule has 84 valence electrons. The van der Waals surface area contributed by atoms with Crippen molar-refractivity contribution in [1.29, 1.82) is 5.26 Å². The first-order valence-corrected chi connectivity index (χ1v) is 5.31. The lowest BCUT2D eigenvalue weighted by Gasteiger charge is -2.06. The van der Waals surface area contributed by atoms with Gasteiger partial charge in [0.15, 0.2) is 0 Å². The van der Waals surface area contributed by atoms with Crippen LogP contribution < -0.4 is 4.74 Å². The van der Waals surface area contributed by atoms with Crippen molar-refractivity contribution in [3.8, 4) is 17.7 Å². The maximum Gasteiger partial charge on any atom is 0.219 e. The van der Waals surface area contributed by atoms with Crippen LogP contribution in [0, 0.1) is 25.2 Å². The minimum absolute atomic E-state index is 0.545. The van der Waals surface area contributed by atoms with Crippen molar-refractivity contribution in [3.63, 3.8) is 0 Å². The van der Waals surface area contributed by atoms with E-state index in [9.17, 15) is 0 Å². The van der Waals surface area contributed by atoms with E-state index >= 15 is 0 Å². The van der Waals surface area contributed by atoms with E-state index in [2.05, 4.69) is 11.1 Å². The summed E-state index contributed by atoms with van der Waals surface area (Å²) >= 11 is 0. The van der Waals surface area contributed by atoms with Gasteiger partial charge in [0.25, 0.3) is 0 Å². The summed E-state index contributed by atoms with van der Waals surface area (Å²) in [6, 6.07) is 12.9. The second-order valence-corrected chi connectivity index (χ2v) is 3.79. The molecule has 1 aromatic carbocycles. The first-order valence-electron chi connectivity index (χ1n) is 5.31. The highest BCUT2D eigenvalue weighted by Crippen LogP contribution is 2.21. The Morgan fingerprint density at radius 3 is 2.71 bits per heavy atom. The van der Waals surface area contributed by atoms with Crippen molar-refractivity contribution in [1.82, 2.24) is 4.98 Å². The number of aromatic nitrogens is 1. The molecular formula is C14H12N2O. The molecule has 17 heavy (non-hydrogen) atoms. The van der Waals surface area contributed by atoms with Crippen LogP contribution in [0.1, 0.15) is 16.8 Å². The molecule has 2 aromatic rings. The monoisotopic (exact) mass is 224 g/mol. The highest BCUT2D eigenvalue weighted by Gasteiger charge is 2.01. The Morgan fingerprint density at radius 2 is 2.00 bits per heavy atom. The van der Waals surface area contributed by atoms with E-state index in [-0.39, 0.29) is 0 Å². The minimum atomic E-state index is 0.545. The molecule has 1 aromatic heterocycles. The lowest BCUT2D eigenvalue weighted by Crippen LogP contribution is -1.92. The van der Waals surface area contributed by atoms with Gasteiger partial charge in [0.2, 0.25) is 5.88 Å². The van der Waals surface area contributed by atoms with Gasteiger partial charge in [0.05, 0.1) is 11.6 Å². The van der Waals surface area contributed by atoms with Gasteiger partial charge in [-0.05, 0) is 37.6 Å². The van der Waals surface area contributed by atoms with Crippen LogP contribution in [0.4, 0.5) is 0 Å². The molecule has 0 saturated heterocycles. The van der Waals surface area contributed by atoms with E-state index in [0.717, 1.165) is 11.3 Å². The van der Waals surface area contributed by atoms with Gasteiger partial charge in [-0.15, -0.1) is 0 Å². The molecule has 0 radical (unpaired) electrons. The molecule has 0 amide bonds. The van der Waals surface area contributed by atoms with E-state index in [1.807, 2.05) is 26.0 Å². The van der Waals surface area contributed by atoms with Gasteiger partial charge in [0, 0.05) is 11.8 Å². The topological polar surface area (TPSA) is 45.9 Å². The number of hydrogen-bond acceptors (Lipinski definition) is 3. The summed E-state index contributed by atoms with van der Waals surface area (Å²) in [7, 11) is 0. The van der Waals surface area contributed by atoms with Crippen molar-refractivity contribution in [2.75, 3.05) is 0 Å². The van der Waals surface area contributed by atoms with Crippen LogP contribution in [0.25, 0.3) is 0 Å². The number of ether oxygens (including phenoxy) is 1. The quantitative estimate of drug-likeness (QED) is 0.785. The summed E-state index contributed by atoms with van der Waals surface area (Å²) in [5, 5.41) is 8.79. The van der Waals surface area contributed by atoms with Crippen molar-refractivity contribution >= 4 is 0 Å². The number of rotatable bonds is 2. The van der Waals surface area contributed by atoms with Gasteiger partial charge in [0.1, 0.15) is 5.75 Å². The van der Waals surface area contributed by atoms with Crippen LogP contribution in [0.15, 0.2) is 36.4 Å². The van der Waals surface area contributed by atoms with Crippen molar-refractivity contribution in [2.45, 2.75) is 13.8 Å². The van der Waals surface area contributed by atoms with Crippen molar-refractivity contribution < 1.29 is 4.74 Å². The average Bonchev–Trinajstić information content (AvgIpc) is 2.34. The van der Waals surface area contributed by atoms with E-state index in [1.54, 1.807) is 24.3 Å². The summed E-state index contributed by atoms with van der Waals surface area (Å²) in [6.07, 6.45) is 0. The van der Waals surface area contributed by atoms with Gasteiger partial charge < -0.3 is 4.74 Å². The van der Waals surface area contributed by atoms with Gasteiger partial charge in [-0.1, -0.05) is 12.1 Å². The molecule has 0 aliphatic carbocycles. The van der Waals surface area contributed by atoms with Crippen molar-refractivity contribution in [3.05, 3.63) is 53.2 Å². The van der Waals surface area contributed by atoms with E-state index < -0.39 is 0 Å². The van der Waals surface area contributed by atoms with Crippen molar-refractivity contribution in [2.24, 2.45) is 0 Å². The highest BCUT2D eigenvalue weighted by atomic mass is 16.5. The molecule has 0 aliphatic rings. The summed E-state index contributed by atoms with van der Waals surface area (Å²) in [4.78, 5) is 4.32. The Morgan fingerprint density at radius 1 is 1.18 bits per heavy atom. The highest BCUT2D eigenvalue weighted by molar-refractivity contribution is 5.38. The molecule has 2 rings (SSSR count). The maximum absolute atomic E-state index is 8.79. The van der Waals surface area contributed by atoms with Gasteiger partial charge >= 0.3 is 0 Å². The fourth-order valence-electron chi connectivity index (χ4n) is 1.41. The average molecular weight is 224 g/mol. The molecule has 3 heteroatoms. The first kappa shape index (κ1) is 11.2. The molecule has 0 fully saturated rings. The summed E-state index contributed by atoms with van der Waals surface area (Å²) in [5.74, 6) is 1.17. The lowest BCUT2D eigenvalue weighted by molar-refractivity contribution is 0.461. The second-order valence-electron chi connectivity index (χ2n) is 3.79. The van der Waals surface area contributed by atoms with Gasteiger partial charge in [-0.2, -0.15) is 5.26 Å². The number of nitriles is 1. The molecule has 0 saturated carbocycles. The zero-order chi connectivity index (χ0) is 12.3. The minimum Gasteiger partial charge on any atom is -0.439 e. The van der Waals surface area contributed by atoms with Crippen LogP contribution in [-0.4, -0.2) is 4.98 Å². The third-order valence-electron chi connectivity index (χ3n) is 2.51. The summed E-state index contributed by atoms with van der Waals surface area (Å²) < 4.78 is 5.59. The summed E-state index contributed by atoms with van der Waals surface area (Å²) in [6.45, 7) is 3.94. The lowest BCUT2D eigenvalue weighted by atomic mass is 10.2. The zero-order valence-electron chi connectivity index (χ0n) is 9.77. The molecular weight excluding hydrogens is 212 g/mol. The summed E-state index contributed by atoms with van der Waals surface area (Å²) in [5.41, 5.74) is 2.65. The molecule has 0 spiro atoms. The molecule has 1 heterocycles. The molecule has 0 N–H and O–H groups in total. The fraction of sp³-hybridized carbons (Fsp3) is 0.143. The van der Waals surface area contributed by atoms with E-state index in [1.165, 1.54) is 0 Å². The smallest absolute Gasteiger partial charge is 0.219 e. The van der Waals surface area contributed by atoms with Crippen LogP contribution in [0.2, 0.25) is 0 Å². The Labute approximate surface area is 100 Å². The molecule has 0 unspecified atom stereocenters. The fourth-order valence-corrected chi connectivity index (χ4v) is 1.41. The van der Waals surface area contributed by atoms with Crippen LogP contribution >= 0.6 is 0 Å². The SMILES string of the molecule is Cc1ccc(Oc2cccc(C#N)c2)nc1C. The standard InChI is InChI=1S/C14H12N2O/c1-10-6-7-14(16-11(10)2)17-13-5-3-4-12(8-13)9-15/h3-8H,1-2H3. The number of aryl methyl sites for hydroxylation is 2. The predicted octanol–water partition coefficient (Wildman–Crippen LogP) is 3.36.